The number of carbonyl (C=O) groups is 2. The number of hydrogen-bond acceptors (Lipinski definition) is 11. The van der Waals surface area contributed by atoms with Gasteiger partial charge < -0.3 is 9.47 Å². The number of carbonyl (C=O) groups excluding carboxylic acids is 2. The summed E-state index contributed by atoms with van der Waals surface area (Å²) in [7, 11) is 0. The van der Waals surface area contributed by atoms with Crippen molar-refractivity contribution in [1.82, 2.24) is 25.1 Å². The number of fused-ring (bicyclic) bond motifs is 1. The first-order valence-corrected chi connectivity index (χ1v) is 13.5. The minimum atomic E-state index is -0.535. The van der Waals surface area contributed by atoms with Gasteiger partial charge in [0.1, 0.15) is 0 Å². The van der Waals surface area contributed by atoms with Crippen LogP contribution in [0.5, 0.6) is 11.5 Å². The zero-order chi connectivity index (χ0) is 27.8. The Kier molecular flexibility index (Phi) is 6.88. The van der Waals surface area contributed by atoms with E-state index in [0.29, 0.717) is 43.4 Å². The average molecular weight is 595 g/mol. The van der Waals surface area contributed by atoms with Crippen LogP contribution in [-0.2, 0) is 11.3 Å². The number of ether oxygens (including phenoxy) is 2. The Labute approximate surface area is 239 Å². The van der Waals surface area contributed by atoms with Crippen molar-refractivity contribution in [2.45, 2.75) is 16.6 Å². The fourth-order valence-corrected chi connectivity index (χ4v) is 5.89. The maximum Gasteiger partial charge on any atom is 0.293 e. The van der Waals surface area contributed by atoms with Crippen LogP contribution in [0.25, 0.3) is 11.8 Å². The van der Waals surface area contributed by atoms with Crippen LogP contribution >= 0.6 is 35.1 Å². The van der Waals surface area contributed by atoms with Crippen molar-refractivity contribution in [3.05, 3.63) is 91.8 Å². The molecular formula is C25H15ClN6O6S2. The number of hydrogen-bond donors (Lipinski definition) is 0. The molecule has 0 unspecified atom stereocenters. The largest absolute Gasteiger partial charge is 0.454 e. The number of nitro benzene ring substituents is 1. The number of amides is 2. The standard InChI is InChI=1S/C25H15ClN6O6S2/c26-17-11-20-19(37-13-38-20)10-15(17)12-30-23(33)22(40-25(30)34)9-14-6-7-21(18(8-14)32(35)36)39-24-27-28-29-31(24)16-4-2-1-3-5-16/h1-11H,12-13H2/b22-9-. The van der Waals surface area contributed by atoms with E-state index in [1.165, 1.54) is 16.8 Å². The highest BCUT2D eigenvalue weighted by atomic mass is 35.5. The molecule has 2 amide bonds. The number of nitro groups is 1. The molecule has 3 heterocycles. The van der Waals surface area contributed by atoms with Crippen LogP contribution < -0.4 is 9.47 Å². The second-order valence-electron chi connectivity index (χ2n) is 8.36. The van der Waals surface area contributed by atoms with E-state index in [4.69, 9.17) is 21.1 Å². The van der Waals surface area contributed by atoms with Crippen molar-refractivity contribution in [2.75, 3.05) is 6.79 Å². The summed E-state index contributed by atoms with van der Waals surface area (Å²) in [5.74, 6) is 0.430. The Balaban J connectivity index is 1.24. The highest BCUT2D eigenvalue weighted by Crippen LogP contribution is 2.40. The molecule has 1 aromatic heterocycles. The molecule has 15 heteroatoms. The Morgan fingerprint density at radius 1 is 1.10 bits per heavy atom. The minimum absolute atomic E-state index is 0.0624. The van der Waals surface area contributed by atoms with E-state index in [-0.39, 0.29) is 23.9 Å². The van der Waals surface area contributed by atoms with E-state index in [1.807, 2.05) is 30.3 Å². The molecule has 0 N–H and O–H groups in total. The molecule has 0 bridgehead atoms. The molecule has 0 spiro atoms. The Hall–Kier alpha value is -4.40. The number of para-hydroxylation sites is 1. The minimum Gasteiger partial charge on any atom is -0.454 e. The monoisotopic (exact) mass is 594 g/mol. The summed E-state index contributed by atoms with van der Waals surface area (Å²) >= 11 is 8.10. The van der Waals surface area contributed by atoms with Crippen molar-refractivity contribution in [1.29, 1.82) is 0 Å². The lowest BCUT2D eigenvalue weighted by Crippen LogP contribution is -2.27. The smallest absolute Gasteiger partial charge is 0.293 e. The Morgan fingerprint density at radius 3 is 2.65 bits per heavy atom. The number of tetrazole rings is 1. The molecule has 0 atom stereocenters. The van der Waals surface area contributed by atoms with Crippen LogP contribution in [0.1, 0.15) is 11.1 Å². The zero-order valence-electron chi connectivity index (χ0n) is 20.1. The normalized spacial score (nSPS) is 15.3. The van der Waals surface area contributed by atoms with E-state index in [1.54, 1.807) is 24.3 Å². The van der Waals surface area contributed by atoms with Crippen molar-refractivity contribution in [2.24, 2.45) is 0 Å². The molecule has 12 nitrogen and oxygen atoms in total. The number of thioether (sulfide) groups is 1. The van der Waals surface area contributed by atoms with Gasteiger partial charge in [-0.3, -0.25) is 24.6 Å². The summed E-state index contributed by atoms with van der Waals surface area (Å²) in [5.41, 5.74) is 1.40. The topological polar surface area (TPSA) is 143 Å². The predicted octanol–water partition coefficient (Wildman–Crippen LogP) is 5.34. The third-order valence-electron chi connectivity index (χ3n) is 5.86. The van der Waals surface area contributed by atoms with Gasteiger partial charge >= 0.3 is 0 Å². The van der Waals surface area contributed by atoms with Gasteiger partial charge in [0.25, 0.3) is 16.8 Å². The molecule has 200 valence electrons. The molecule has 0 aliphatic carbocycles. The molecule has 0 saturated carbocycles. The first-order valence-electron chi connectivity index (χ1n) is 11.5. The fraction of sp³-hybridized carbons (Fsp3) is 0.0800. The number of nitrogens with zero attached hydrogens (tertiary/aromatic N) is 6. The van der Waals surface area contributed by atoms with Gasteiger partial charge in [-0.1, -0.05) is 35.9 Å². The number of halogens is 1. The first kappa shape index (κ1) is 25.9. The van der Waals surface area contributed by atoms with Gasteiger partial charge in [-0.25, -0.2) is 0 Å². The maximum atomic E-state index is 13.1. The van der Waals surface area contributed by atoms with Crippen molar-refractivity contribution < 1.29 is 24.0 Å². The predicted molar refractivity (Wildman–Crippen MR) is 145 cm³/mol. The zero-order valence-corrected chi connectivity index (χ0v) is 22.5. The van der Waals surface area contributed by atoms with Gasteiger partial charge in [0, 0.05) is 17.2 Å². The number of benzene rings is 3. The van der Waals surface area contributed by atoms with Crippen molar-refractivity contribution in [3.63, 3.8) is 0 Å². The van der Waals surface area contributed by atoms with E-state index in [9.17, 15) is 19.7 Å². The molecule has 2 aliphatic heterocycles. The van der Waals surface area contributed by atoms with Gasteiger partial charge in [0.15, 0.2) is 11.5 Å². The van der Waals surface area contributed by atoms with Gasteiger partial charge in [0.05, 0.1) is 27.0 Å². The van der Waals surface area contributed by atoms with Crippen molar-refractivity contribution >= 4 is 58.0 Å². The molecular weight excluding hydrogens is 580 g/mol. The van der Waals surface area contributed by atoms with Gasteiger partial charge in [-0.05, 0) is 75.4 Å². The van der Waals surface area contributed by atoms with Crippen LogP contribution in [0.15, 0.2) is 75.6 Å². The van der Waals surface area contributed by atoms with Crippen LogP contribution in [-0.4, -0.2) is 48.0 Å². The number of rotatable bonds is 7. The van der Waals surface area contributed by atoms with Crippen LogP contribution in [0.2, 0.25) is 5.02 Å². The molecule has 1 fully saturated rings. The average Bonchev–Trinajstić information content (AvgIpc) is 3.66. The Bertz CT molecular complexity index is 1710. The lowest BCUT2D eigenvalue weighted by atomic mass is 10.1. The molecule has 6 rings (SSSR count). The van der Waals surface area contributed by atoms with E-state index < -0.39 is 16.1 Å². The molecule has 2 aliphatic rings. The summed E-state index contributed by atoms with van der Waals surface area (Å²) in [6.07, 6.45) is 1.45. The Morgan fingerprint density at radius 2 is 1.88 bits per heavy atom. The summed E-state index contributed by atoms with van der Waals surface area (Å²) in [6, 6.07) is 16.8. The van der Waals surface area contributed by atoms with Crippen LogP contribution in [0.3, 0.4) is 0 Å². The third kappa shape index (κ3) is 4.99. The van der Waals surface area contributed by atoms with E-state index in [2.05, 4.69) is 15.5 Å². The summed E-state index contributed by atoms with van der Waals surface area (Å²) in [4.78, 5) is 38.7. The number of imide groups is 1. The highest BCUT2D eigenvalue weighted by molar-refractivity contribution is 8.18. The molecule has 1 saturated heterocycles. The lowest BCUT2D eigenvalue weighted by Gasteiger charge is -2.14. The fourth-order valence-electron chi connectivity index (χ4n) is 3.96. The second-order valence-corrected chi connectivity index (χ2v) is 10.8. The lowest BCUT2D eigenvalue weighted by molar-refractivity contribution is -0.387. The molecule has 0 radical (unpaired) electrons. The third-order valence-corrected chi connectivity index (χ3v) is 8.13. The quantitative estimate of drug-likeness (QED) is 0.155. The van der Waals surface area contributed by atoms with E-state index in [0.717, 1.165) is 28.4 Å². The molecule has 3 aromatic carbocycles. The maximum absolute atomic E-state index is 13.1. The molecule has 4 aromatic rings. The first-order chi connectivity index (χ1) is 19.4. The van der Waals surface area contributed by atoms with E-state index >= 15 is 0 Å². The number of aromatic nitrogens is 4. The summed E-state index contributed by atoms with van der Waals surface area (Å²) in [6.45, 7) is -0.00371. The van der Waals surface area contributed by atoms with Gasteiger partial charge in [-0.15, -0.1) is 5.10 Å². The molecule has 40 heavy (non-hydrogen) atoms. The SMILES string of the molecule is O=C1S/C(=C\c2ccc(Sc3nnnn3-c3ccccc3)c([N+](=O)[O-])c2)C(=O)N1Cc1cc2c(cc1Cl)OCO2. The van der Waals surface area contributed by atoms with Gasteiger partial charge in [-0.2, -0.15) is 4.68 Å². The summed E-state index contributed by atoms with van der Waals surface area (Å²) in [5, 5.41) is 23.8. The van der Waals surface area contributed by atoms with Crippen molar-refractivity contribution in [3.8, 4) is 17.2 Å². The summed E-state index contributed by atoms with van der Waals surface area (Å²) < 4.78 is 12.1. The van der Waals surface area contributed by atoms with Crippen LogP contribution in [0.4, 0.5) is 10.5 Å². The van der Waals surface area contributed by atoms with Crippen LogP contribution in [0, 0.1) is 10.1 Å². The highest BCUT2D eigenvalue weighted by Gasteiger charge is 2.36. The van der Waals surface area contributed by atoms with Gasteiger partial charge in [0.2, 0.25) is 11.9 Å². The second kappa shape index (κ2) is 10.6.